The van der Waals surface area contributed by atoms with Gasteiger partial charge in [0.2, 0.25) is 17.9 Å². The summed E-state index contributed by atoms with van der Waals surface area (Å²) in [7, 11) is 4.00. The van der Waals surface area contributed by atoms with Crippen molar-refractivity contribution in [2.75, 3.05) is 21.2 Å². The number of benzene rings is 1. The summed E-state index contributed by atoms with van der Waals surface area (Å²) < 4.78 is 5.09. The lowest BCUT2D eigenvalue weighted by atomic mass is 9.67. The third-order valence-corrected chi connectivity index (χ3v) is 4.98. The molecule has 1 aromatic carbocycles. The number of carbonyl (C=O) groups excluding carboxylic acids is 3. The van der Waals surface area contributed by atoms with Gasteiger partial charge in [-0.2, -0.15) is 0 Å². The third-order valence-electron chi connectivity index (χ3n) is 4.98. The Morgan fingerprint density at radius 2 is 1.54 bits per heavy atom. The molecule has 2 atom stereocenters. The fourth-order valence-corrected chi connectivity index (χ4v) is 3.48. The predicted octanol–water partition coefficient (Wildman–Crippen LogP) is 1.50. The van der Waals surface area contributed by atoms with Crippen molar-refractivity contribution < 1.29 is 24.0 Å². The maximum absolute atomic E-state index is 12.9. The van der Waals surface area contributed by atoms with Gasteiger partial charge in [-0.15, -0.1) is 0 Å². The second-order valence-electron chi connectivity index (χ2n) is 6.49. The van der Waals surface area contributed by atoms with E-state index < -0.39 is 40.1 Å². The van der Waals surface area contributed by atoms with Crippen LogP contribution in [0, 0.1) is 15.5 Å². The van der Waals surface area contributed by atoms with Gasteiger partial charge in [0.25, 0.3) is 0 Å². The molecule has 4 amide bonds. The molecule has 0 aliphatic carbocycles. The van der Waals surface area contributed by atoms with Gasteiger partial charge in [-0.1, -0.05) is 12.1 Å². The van der Waals surface area contributed by atoms with Gasteiger partial charge < -0.3 is 4.74 Å². The van der Waals surface area contributed by atoms with Crippen LogP contribution in [0.15, 0.2) is 24.3 Å². The highest BCUT2D eigenvalue weighted by Crippen LogP contribution is 2.44. The lowest BCUT2D eigenvalue weighted by Crippen LogP contribution is -2.65. The van der Waals surface area contributed by atoms with E-state index in [4.69, 9.17) is 4.74 Å². The fourth-order valence-electron chi connectivity index (χ4n) is 3.48. The van der Waals surface area contributed by atoms with Crippen LogP contribution in [0.4, 0.5) is 4.79 Å². The molecule has 1 aliphatic heterocycles. The number of rotatable bonds is 5. The number of hydrogen-bond acceptors (Lipinski definition) is 6. The zero-order chi connectivity index (χ0) is 19.8. The van der Waals surface area contributed by atoms with E-state index in [0.717, 1.165) is 9.80 Å². The van der Waals surface area contributed by atoms with Crippen molar-refractivity contribution in [3.63, 3.8) is 0 Å². The van der Waals surface area contributed by atoms with Crippen LogP contribution in [0.2, 0.25) is 0 Å². The van der Waals surface area contributed by atoms with Crippen molar-refractivity contribution in [3.05, 3.63) is 39.9 Å². The highest BCUT2D eigenvalue weighted by Gasteiger charge is 2.60. The Morgan fingerprint density at radius 1 is 1.08 bits per heavy atom. The standard InChI is InChI=1S/C17H21N3O6/c1-10(20(24)25)13(11-6-8-12(26-5)9-7-11)17(2)14(21)18(3)16(23)19(4)15(17)22/h6-10,13H,1-5H3. The first-order valence-corrected chi connectivity index (χ1v) is 7.95. The first kappa shape index (κ1) is 19.4. The van der Waals surface area contributed by atoms with E-state index in [-0.39, 0.29) is 0 Å². The molecule has 0 N–H and O–H groups in total. The second-order valence-corrected chi connectivity index (χ2v) is 6.49. The van der Waals surface area contributed by atoms with Crippen LogP contribution in [0.3, 0.4) is 0 Å². The Kier molecular flexibility index (Phi) is 5.02. The molecule has 9 nitrogen and oxygen atoms in total. The molecule has 0 radical (unpaired) electrons. The molecular formula is C17H21N3O6. The molecule has 140 valence electrons. The number of urea groups is 1. The highest BCUT2D eigenvalue weighted by molar-refractivity contribution is 6.19. The number of hydrogen-bond donors (Lipinski definition) is 0. The molecule has 1 heterocycles. The van der Waals surface area contributed by atoms with E-state index in [2.05, 4.69) is 0 Å². The number of carbonyl (C=O) groups is 3. The Balaban J connectivity index is 2.66. The molecule has 2 unspecified atom stereocenters. The van der Waals surface area contributed by atoms with E-state index in [1.165, 1.54) is 35.1 Å². The summed E-state index contributed by atoms with van der Waals surface area (Å²) >= 11 is 0. The Hall–Kier alpha value is -2.97. The molecule has 2 rings (SSSR count). The topological polar surface area (TPSA) is 110 Å². The number of barbiturate groups is 1. The largest absolute Gasteiger partial charge is 0.497 e. The number of amides is 4. The summed E-state index contributed by atoms with van der Waals surface area (Å²) in [6.07, 6.45) is 0. The van der Waals surface area contributed by atoms with Crippen molar-refractivity contribution in [2.45, 2.75) is 25.8 Å². The number of ether oxygens (including phenoxy) is 1. The SMILES string of the molecule is COc1ccc(C(C(C)[N+](=O)[O-])C2(C)C(=O)N(C)C(=O)N(C)C2=O)cc1. The molecule has 0 spiro atoms. The van der Waals surface area contributed by atoms with Gasteiger partial charge >= 0.3 is 6.03 Å². The van der Waals surface area contributed by atoms with Gasteiger partial charge in [0.05, 0.1) is 13.0 Å². The van der Waals surface area contributed by atoms with Crippen LogP contribution in [0.25, 0.3) is 0 Å². The number of methoxy groups -OCH3 is 1. The molecule has 0 saturated carbocycles. The number of nitrogens with zero attached hydrogens (tertiary/aromatic N) is 3. The van der Waals surface area contributed by atoms with Gasteiger partial charge in [0.1, 0.15) is 11.2 Å². The first-order chi connectivity index (χ1) is 12.1. The molecule has 1 aliphatic rings. The average Bonchev–Trinajstić information content (AvgIpc) is 2.64. The minimum absolute atomic E-state index is 0.440. The molecule has 1 fully saturated rings. The van der Waals surface area contributed by atoms with Gasteiger partial charge in [0, 0.05) is 25.9 Å². The van der Waals surface area contributed by atoms with Crippen molar-refractivity contribution >= 4 is 17.8 Å². The predicted molar refractivity (Wildman–Crippen MR) is 91.2 cm³/mol. The molecule has 9 heteroatoms. The molecule has 0 bridgehead atoms. The highest BCUT2D eigenvalue weighted by atomic mass is 16.6. The summed E-state index contributed by atoms with van der Waals surface area (Å²) in [4.78, 5) is 50.5. The molecule has 1 saturated heterocycles. The van der Waals surface area contributed by atoms with Crippen LogP contribution in [0.1, 0.15) is 25.3 Å². The molecule has 26 heavy (non-hydrogen) atoms. The van der Waals surface area contributed by atoms with Crippen LogP contribution in [-0.2, 0) is 9.59 Å². The van der Waals surface area contributed by atoms with Crippen molar-refractivity contribution in [1.29, 1.82) is 0 Å². The summed E-state index contributed by atoms with van der Waals surface area (Å²) in [6.45, 7) is 2.70. The van der Waals surface area contributed by atoms with Crippen molar-refractivity contribution in [1.82, 2.24) is 9.80 Å². The van der Waals surface area contributed by atoms with E-state index in [1.54, 1.807) is 24.3 Å². The Bertz CT molecular complexity index is 736. The second kappa shape index (κ2) is 6.74. The van der Waals surface area contributed by atoms with Crippen LogP contribution >= 0.6 is 0 Å². The molecular weight excluding hydrogens is 342 g/mol. The first-order valence-electron chi connectivity index (χ1n) is 7.95. The van der Waals surface area contributed by atoms with Gasteiger partial charge in [0.15, 0.2) is 0 Å². The van der Waals surface area contributed by atoms with Crippen LogP contribution < -0.4 is 4.74 Å². The summed E-state index contributed by atoms with van der Waals surface area (Å²) in [6, 6.07) is 4.39. The maximum atomic E-state index is 12.9. The molecule has 0 aromatic heterocycles. The quantitative estimate of drug-likeness (QED) is 0.445. The van der Waals surface area contributed by atoms with E-state index in [1.807, 2.05) is 0 Å². The zero-order valence-corrected chi connectivity index (χ0v) is 15.3. The monoisotopic (exact) mass is 363 g/mol. The maximum Gasteiger partial charge on any atom is 0.332 e. The van der Waals surface area contributed by atoms with Gasteiger partial charge in [-0.25, -0.2) is 4.79 Å². The third kappa shape index (κ3) is 2.79. The lowest BCUT2D eigenvalue weighted by Gasteiger charge is -2.43. The summed E-state index contributed by atoms with van der Waals surface area (Å²) in [5, 5.41) is 11.5. The van der Waals surface area contributed by atoms with Crippen molar-refractivity contribution in [2.24, 2.45) is 5.41 Å². The minimum atomic E-state index is -1.79. The van der Waals surface area contributed by atoms with E-state index in [0.29, 0.717) is 11.3 Å². The van der Waals surface area contributed by atoms with E-state index >= 15 is 0 Å². The molecule has 1 aromatic rings. The van der Waals surface area contributed by atoms with Gasteiger partial charge in [-0.05, 0) is 24.6 Å². The van der Waals surface area contributed by atoms with E-state index in [9.17, 15) is 24.5 Å². The zero-order valence-electron chi connectivity index (χ0n) is 15.3. The summed E-state index contributed by atoms with van der Waals surface area (Å²) in [5.41, 5.74) is -1.35. The minimum Gasteiger partial charge on any atom is -0.497 e. The lowest BCUT2D eigenvalue weighted by molar-refractivity contribution is -0.524. The smallest absolute Gasteiger partial charge is 0.332 e. The van der Waals surface area contributed by atoms with Gasteiger partial charge in [-0.3, -0.25) is 29.5 Å². The van der Waals surface area contributed by atoms with Crippen LogP contribution in [0.5, 0.6) is 5.75 Å². The number of imide groups is 2. The normalized spacial score (nSPS) is 19.3. The average molecular weight is 363 g/mol. The number of nitro groups is 1. The fraction of sp³-hybridized carbons (Fsp3) is 0.471. The van der Waals surface area contributed by atoms with Crippen LogP contribution in [-0.4, -0.2) is 59.8 Å². The van der Waals surface area contributed by atoms with Crippen molar-refractivity contribution in [3.8, 4) is 5.75 Å². The Morgan fingerprint density at radius 3 is 1.92 bits per heavy atom. The Labute approximate surface area is 150 Å². The summed E-state index contributed by atoms with van der Waals surface area (Å²) in [5.74, 6) is -2.06.